The first kappa shape index (κ1) is 18.7. The summed E-state index contributed by atoms with van der Waals surface area (Å²) in [6, 6.07) is 8.82. The van der Waals surface area contributed by atoms with Gasteiger partial charge in [-0.15, -0.1) is 0 Å². The van der Waals surface area contributed by atoms with Crippen molar-refractivity contribution in [1.82, 2.24) is 4.90 Å². The smallest absolute Gasteiger partial charge is 0.303 e. The molecule has 0 bridgehead atoms. The Bertz CT molecular complexity index is 622. The molecular weight excluding hydrogens is 334 g/mol. The number of benzene rings is 1. The first-order valence-electron chi connectivity index (χ1n) is 9.39. The fourth-order valence-corrected chi connectivity index (χ4v) is 4.75. The molecule has 3 nitrogen and oxygen atoms in total. The van der Waals surface area contributed by atoms with E-state index in [9.17, 15) is 4.79 Å². The van der Waals surface area contributed by atoms with Gasteiger partial charge in [0, 0.05) is 49.3 Å². The number of nitrogens with zero attached hydrogens (tertiary/aromatic N) is 1. The maximum atomic E-state index is 11.7. The van der Waals surface area contributed by atoms with Crippen molar-refractivity contribution in [3.63, 3.8) is 0 Å². The molecule has 0 radical (unpaired) electrons. The van der Waals surface area contributed by atoms with Crippen LogP contribution < -0.4 is 0 Å². The van der Waals surface area contributed by atoms with Gasteiger partial charge in [0.2, 0.25) is 0 Å². The van der Waals surface area contributed by atoms with E-state index in [1.165, 1.54) is 18.9 Å². The fourth-order valence-electron chi connectivity index (χ4n) is 4.62. The molecule has 2 fully saturated rings. The highest BCUT2D eigenvalue weighted by molar-refractivity contribution is 6.30. The Morgan fingerprint density at radius 1 is 1.24 bits per heavy atom. The third-order valence-electron chi connectivity index (χ3n) is 6.24. The van der Waals surface area contributed by atoms with Crippen molar-refractivity contribution >= 4 is 17.6 Å². The van der Waals surface area contributed by atoms with Crippen molar-refractivity contribution in [3.05, 3.63) is 34.9 Å². The van der Waals surface area contributed by atoms with Gasteiger partial charge in [-0.25, -0.2) is 0 Å². The third kappa shape index (κ3) is 3.88. The van der Waals surface area contributed by atoms with Gasteiger partial charge in [-0.05, 0) is 36.5 Å². The lowest BCUT2D eigenvalue weighted by molar-refractivity contribution is -0.186. The molecular formula is C21H30ClNO2. The first-order chi connectivity index (χ1) is 11.7. The molecule has 138 valence electrons. The Labute approximate surface area is 156 Å². The summed E-state index contributed by atoms with van der Waals surface area (Å²) in [6.45, 7) is 10.2. The minimum absolute atomic E-state index is 0.0439. The molecule has 4 heteroatoms. The molecule has 0 saturated carbocycles. The zero-order valence-electron chi connectivity index (χ0n) is 15.8. The number of piperidine rings is 2. The van der Waals surface area contributed by atoms with E-state index in [-0.39, 0.29) is 17.0 Å². The van der Waals surface area contributed by atoms with Crippen LogP contribution in [0.5, 0.6) is 0 Å². The van der Waals surface area contributed by atoms with E-state index in [1.54, 1.807) is 0 Å². The largest absolute Gasteiger partial charge is 0.459 e. The van der Waals surface area contributed by atoms with Crippen LogP contribution in [0.3, 0.4) is 0 Å². The molecule has 0 amide bonds. The highest BCUT2D eigenvalue weighted by atomic mass is 35.5. The van der Waals surface area contributed by atoms with Crippen LogP contribution in [-0.4, -0.2) is 35.6 Å². The van der Waals surface area contributed by atoms with Gasteiger partial charge >= 0.3 is 5.97 Å². The van der Waals surface area contributed by atoms with Crippen molar-refractivity contribution in [2.45, 2.75) is 70.9 Å². The van der Waals surface area contributed by atoms with Crippen LogP contribution in [-0.2, 0) is 9.53 Å². The van der Waals surface area contributed by atoms with E-state index < -0.39 is 0 Å². The van der Waals surface area contributed by atoms with E-state index in [0.717, 1.165) is 37.4 Å². The van der Waals surface area contributed by atoms with Gasteiger partial charge in [-0.1, -0.05) is 44.5 Å². The van der Waals surface area contributed by atoms with Gasteiger partial charge < -0.3 is 4.74 Å². The summed E-state index contributed by atoms with van der Waals surface area (Å²) in [7, 11) is 0. The van der Waals surface area contributed by atoms with Gasteiger partial charge in [-0.3, -0.25) is 9.69 Å². The highest BCUT2D eigenvalue weighted by Crippen LogP contribution is 2.47. The topological polar surface area (TPSA) is 29.5 Å². The molecule has 1 aromatic carbocycles. The maximum Gasteiger partial charge on any atom is 0.303 e. The average molecular weight is 364 g/mol. The van der Waals surface area contributed by atoms with Crippen molar-refractivity contribution in [1.29, 1.82) is 0 Å². The lowest BCUT2D eigenvalue weighted by Gasteiger charge is -2.54. The molecule has 3 rings (SSSR count). The average Bonchev–Trinajstić information content (AvgIpc) is 2.53. The number of halogens is 1. The first-order valence-corrected chi connectivity index (χ1v) is 9.77. The van der Waals surface area contributed by atoms with Gasteiger partial charge in [0.15, 0.2) is 0 Å². The number of hydrogen-bond acceptors (Lipinski definition) is 3. The van der Waals surface area contributed by atoms with Crippen molar-refractivity contribution in [2.75, 3.05) is 13.1 Å². The molecule has 3 atom stereocenters. The lowest BCUT2D eigenvalue weighted by atomic mass is 9.67. The summed E-state index contributed by atoms with van der Waals surface area (Å²) < 4.78 is 5.94. The molecule has 2 aliphatic heterocycles. The maximum absolute atomic E-state index is 11.7. The third-order valence-corrected chi connectivity index (χ3v) is 6.49. The number of rotatable bonds is 2. The second-order valence-electron chi connectivity index (χ2n) is 8.77. The SMILES string of the molecule is CC(=O)O[C@@]1(C(C)(C)C)CCN2C[C@@H](c3ccc(Cl)cc3)CC[C@@H]2C1. The second kappa shape index (κ2) is 6.92. The monoisotopic (exact) mass is 363 g/mol. The summed E-state index contributed by atoms with van der Waals surface area (Å²) in [6.07, 6.45) is 4.21. The predicted molar refractivity (Wildman–Crippen MR) is 102 cm³/mol. The number of carbonyl (C=O) groups excluding carboxylic acids is 1. The molecule has 0 aromatic heterocycles. The zero-order chi connectivity index (χ0) is 18.2. The van der Waals surface area contributed by atoms with E-state index >= 15 is 0 Å². The molecule has 0 aliphatic carbocycles. The van der Waals surface area contributed by atoms with Gasteiger partial charge in [0.05, 0.1) is 0 Å². The second-order valence-corrected chi connectivity index (χ2v) is 9.20. The summed E-state index contributed by atoms with van der Waals surface area (Å²) in [5.74, 6) is 0.419. The minimum Gasteiger partial charge on any atom is -0.459 e. The number of fused-ring (bicyclic) bond motifs is 1. The fraction of sp³-hybridized carbons (Fsp3) is 0.667. The Morgan fingerprint density at radius 2 is 1.92 bits per heavy atom. The summed E-state index contributed by atoms with van der Waals surface area (Å²) in [4.78, 5) is 14.3. The van der Waals surface area contributed by atoms with E-state index in [1.807, 2.05) is 12.1 Å². The molecule has 2 saturated heterocycles. The summed E-state index contributed by atoms with van der Waals surface area (Å²) >= 11 is 6.03. The number of esters is 1. The van der Waals surface area contributed by atoms with Crippen LogP contribution in [0.15, 0.2) is 24.3 Å². The number of ether oxygens (including phenoxy) is 1. The van der Waals surface area contributed by atoms with Crippen LogP contribution in [0, 0.1) is 5.41 Å². The van der Waals surface area contributed by atoms with Crippen LogP contribution in [0.4, 0.5) is 0 Å². The Kier molecular flexibility index (Phi) is 5.18. The molecule has 0 unspecified atom stereocenters. The molecule has 2 heterocycles. The van der Waals surface area contributed by atoms with Gasteiger partial charge in [0.1, 0.15) is 5.60 Å². The van der Waals surface area contributed by atoms with E-state index in [4.69, 9.17) is 16.3 Å². The Hall–Kier alpha value is -1.06. The van der Waals surface area contributed by atoms with Crippen molar-refractivity contribution < 1.29 is 9.53 Å². The Balaban J connectivity index is 1.72. The minimum atomic E-state index is -0.340. The highest BCUT2D eigenvalue weighted by Gasteiger charge is 2.51. The van der Waals surface area contributed by atoms with Gasteiger partial charge in [0.25, 0.3) is 0 Å². The molecule has 2 aliphatic rings. The van der Waals surface area contributed by atoms with Crippen LogP contribution in [0.1, 0.15) is 64.9 Å². The standard InChI is InChI=1S/C21H30ClNO2/c1-15(24)25-21(20(2,3)4)11-12-23-14-17(7-10-19(23)13-21)16-5-8-18(22)9-6-16/h5-6,8-9,17,19H,7,10-14H2,1-4H3/t17-,19+,21-/m0/s1. The number of hydrogen-bond donors (Lipinski definition) is 0. The van der Waals surface area contributed by atoms with Crippen LogP contribution in [0.25, 0.3) is 0 Å². The lowest BCUT2D eigenvalue weighted by Crippen LogP contribution is -2.59. The quantitative estimate of drug-likeness (QED) is 0.690. The van der Waals surface area contributed by atoms with Crippen molar-refractivity contribution in [3.8, 4) is 0 Å². The van der Waals surface area contributed by atoms with E-state index in [2.05, 4.69) is 37.8 Å². The Morgan fingerprint density at radius 3 is 2.52 bits per heavy atom. The van der Waals surface area contributed by atoms with Gasteiger partial charge in [-0.2, -0.15) is 0 Å². The summed E-state index contributed by atoms with van der Waals surface area (Å²) in [5.41, 5.74) is 1.00. The predicted octanol–water partition coefficient (Wildman–Crippen LogP) is 5.03. The molecule has 25 heavy (non-hydrogen) atoms. The van der Waals surface area contributed by atoms with Crippen LogP contribution in [0.2, 0.25) is 5.02 Å². The molecule has 0 spiro atoms. The summed E-state index contributed by atoms with van der Waals surface area (Å²) in [5, 5.41) is 0.798. The zero-order valence-corrected chi connectivity index (χ0v) is 16.6. The number of carbonyl (C=O) groups is 1. The molecule has 1 aromatic rings. The molecule has 0 N–H and O–H groups in total. The van der Waals surface area contributed by atoms with E-state index in [0.29, 0.717) is 12.0 Å². The van der Waals surface area contributed by atoms with Crippen LogP contribution >= 0.6 is 11.6 Å². The van der Waals surface area contributed by atoms with Crippen molar-refractivity contribution in [2.24, 2.45) is 5.41 Å². The normalized spacial score (nSPS) is 30.6.